The molecule has 0 atom stereocenters. The average molecular weight is 633 g/mol. The van der Waals surface area contributed by atoms with Gasteiger partial charge in [0.1, 0.15) is 0 Å². The second-order valence-electron chi connectivity index (χ2n) is 13.7. The quantitative estimate of drug-likeness (QED) is 0.177. The first-order valence-electron chi connectivity index (χ1n) is 16.7. The summed E-state index contributed by atoms with van der Waals surface area (Å²) in [5, 5.41) is 2.22. The summed E-state index contributed by atoms with van der Waals surface area (Å²) in [6.07, 6.45) is 0. The van der Waals surface area contributed by atoms with E-state index in [4.69, 9.17) is 19.9 Å². The maximum atomic E-state index is 5.20. The van der Waals surface area contributed by atoms with Gasteiger partial charge in [0.25, 0.3) is 0 Å². The largest absolute Gasteiger partial charge is 0.250 e. The molecule has 236 valence electrons. The fourth-order valence-corrected chi connectivity index (χ4v) is 6.34. The van der Waals surface area contributed by atoms with Crippen LogP contribution in [0.2, 0.25) is 0 Å². The van der Waals surface area contributed by atoms with Crippen molar-refractivity contribution in [2.75, 3.05) is 0 Å². The summed E-state index contributed by atoms with van der Waals surface area (Å²) in [6.45, 7) is 8.74. The van der Waals surface area contributed by atoms with E-state index in [1.807, 2.05) is 24.3 Å². The molecule has 3 aromatic heterocycles. The molecular formula is C45H36N4. The van der Waals surface area contributed by atoms with Crippen LogP contribution in [0, 0.1) is 6.92 Å². The first-order valence-corrected chi connectivity index (χ1v) is 16.7. The molecule has 0 bridgehead atoms. The van der Waals surface area contributed by atoms with Gasteiger partial charge in [0.2, 0.25) is 0 Å². The van der Waals surface area contributed by atoms with Crippen molar-refractivity contribution in [1.82, 2.24) is 19.9 Å². The zero-order valence-corrected chi connectivity index (χ0v) is 28.1. The van der Waals surface area contributed by atoms with Gasteiger partial charge in [0.05, 0.1) is 28.1 Å². The van der Waals surface area contributed by atoms with Crippen LogP contribution in [-0.4, -0.2) is 19.9 Å². The molecule has 0 unspecified atom stereocenters. The molecule has 0 fully saturated rings. The molecule has 0 aliphatic carbocycles. The third kappa shape index (κ3) is 5.98. The molecule has 0 radical (unpaired) electrons. The topological polar surface area (TPSA) is 51.6 Å². The number of nitrogens with zero attached hydrogens (tertiary/aromatic N) is 4. The Morgan fingerprint density at radius 3 is 1.51 bits per heavy atom. The van der Waals surface area contributed by atoms with Gasteiger partial charge in [-0.1, -0.05) is 148 Å². The Hall–Kier alpha value is -6.00. The van der Waals surface area contributed by atoms with Gasteiger partial charge in [-0.3, -0.25) is 0 Å². The first kappa shape index (κ1) is 30.3. The van der Waals surface area contributed by atoms with Crippen molar-refractivity contribution in [2.24, 2.45) is 0 Å². The van der Waals surface area contributed by atoms with Crippen molar-refractivity contribution in [3.8, 4) is 56.3 Å². The normalized spacial score (nSPS) is 11.7. The molecule has 3 heterocycles. The molecule has 8 aromatic rings. The van der Waals surface area contributed by atoms with Crippen molar-refractivity contribution in [2.45, 2.75) is 33.1 Å². The standard InChI is InChI=1S/C45H36N4/c1-29-27-38(46-43-37(29)25-23-35-24-26-41(45(2,3)4)49-42(35)43)33-19-21-36(22-20-33)44-47-39(32-13-9-6-10-14-32)28-40(48-44)34-17-15-31(16-18-34)30-11-7-5-8-12-30/h5-28H,1-4H3. The zero-order chi connectivity index (χ0) is 33.5. The first-order chi connectivity index (χ1) is 23.8. The second-order valence-corrected chi connectivity index (χ2v) is 13.7. The van der Waals surface area contributed by atoms with Crippen LogP contribution in [0.25, 0.3) is 78.1 Å². The van der Waals surface area contributed by atoms with Gasteiger partial charge in [0.15, 0.2) is 5.82 Å². The Bertz CT molecular complexity index is 2440. The van der Waals surface area contributed by atoms with E-state index in [-0.39, 0.29) is 5.41 Å². The van der Waals surface area contributed by atoms with E-state index in [0.717, 1.165) is 66.8 Å². The van der Waals surface area contributed by atoms with Gasteiger partial charge in [-0.05, 0) is 41.8 Å². The molecule has 49 heavy (non-hydrogen) atoms. The van der Waals surface area contributed by atoms with Crippen LogP contribution >= 0.6 is 0 Å². The molecular weight excluding hydrogens is 597 g/mol. The lowest BCUT2D eigenvalue weighted by molar-refractivity contribution is 0.571. The highest BCUT2D eigenvalue weighted by molar-refractivity contribution is 6.04. The molecule has 4 nitrogen and oxygen atoms in total. The highest BCUT2D eigenvalue weighted by Crippen LogP contribution is 2.33. The Morgan fingerprint density at radius 1 is 0.408 bits per heavy atom. The Labute approximate surface area is 287 Å². The van der Waals surface area contributed by atoms with Crippen molar-refractivity contribution in [3.63, 3.8) is 0 Å². The lowest BCUT2D eigenvalue weighted by atomic mass is 9.91. The number of pyridine rings is 2. The minimum atomic E-state index is -0.0514. The van der Waals surface area contributed by atoms with Gasteiger partial charge >= 0.3 is 0 Å². The number of hydrogen-bond acceptors (Lipinski definition) is 4. The maximum Gasteiger partial charge on any atom is 0.160 e. The average Bonchev–Trinajstić information content (AvgIpc) is 3.15. The summed E-state index contributed by atoms with van der Waals surface area (Å²) in [5.41, 5.74) is 13.2. The van der Waals surface area contributed by atoms with Crippen LogP contribution in [-0.2, 0) is 5.41 Å². The minimum absolute atomic E-state index is 0.0514. The summed E-state index contributed by atoms with van der Waals surface area (Å²) in [6, 6.07) is 50.6. The van der Waals surface area contributed by atoms with Crippen LogP contribution in [0.4, 0.5) is 0 Å². The van der Waals surface area contributed by atoms with Crippen LogP contribution < -0.4 is 0 Å². The van der Waals surface area contributed by atoms with E-state index in [1.165, 1.54) is 16.7 Å². The molecule has 8 rings (SSSR count). The van der Waals surface area contributed by atoms with Crippen molar-refractivity contribution in [1.29, 1.82) is 0 Å². The van der Waals surface area contributed by atoms with Gasteiger partial charge < -0.3 is 0 Å². The predicted molar refractivity (Wildman–Crippen MR) is 203 cm³/mol. The number of hydrogen-bond donors (Lipinski definition) is 0. The second kappa shape index (κ2) is 12.2. The van der Waals surface area contributed by atoms with Crippen LogP contribution in [0.3, 0.4) is 0 Å². The van der Waals surface area contributed by atoms with E-state index < -0.39 is 0 Å². The molecule has 0 N–H and O–H groups in total. The summed E-state index contributed by atoms with van der Waals surface area (Å²) >= 11 is 0. The molecule has 5 aromatic carbocycles. The lowest BCUT2D eigenvalue weighted by Crippen LogP contribution is -2.13. The lowest BCUT2D eigenvalue weighted by Gasteiger charge is -2.18. The number of aromatic nitrogens is 4. The van der Waals surface area contributed by atoms with Gasteiger partial charge in [-0.25, -0.2) is 19.9 Å². The van der Waals surface area contributed by atoms with Crippen molar-refractivity contribution < 1.29 is 0 Å². The van der Waals surface area contributed by atoms with Gasteiger partial charge in [-0.2, -0.15) is 0 Å². The summed E-state index contributed by atoms with van der Waals surface area (Å²) in [7, 11) is 0. The molecule has 0 aliphatic rings. The smallest absolute Gasteiger partial charge is 0.160 e. The van der Waals surface area contributed by atoms with E-state index in [9.17, 15) is 0 Å². The van der Waals surface area contributed by atoms with E-state index in [1.54, 1.807) is 0 Å². The summed E-state index contributed by atoms with van der Waals surface area (Å²) in [4.78, 5) is 20.5. The number of rotatable bonds is 5. The third-order valence-corrected chi connectivity index (χ3v) is 9.14. The summed E-state index contributed by atoms with van der Waals surface area (Å²) in [5.74, 6) is 0.683. The van der Waals surface area contributed by atoms with Crippen LogP contribution in [0.1, 0.15) is 32.0 Å². The Morgan fingerprint density at radius 2 is 0.898 bits per heavy atom. The van der Waals surface area contributed by atoms with Gasteiger partial charge in [0, 0.05) is 44.1 Å². The highest BCUT2D eigenvalue weighted by atomic mass is 14.9. The van der Waals surface area contributed by atoms with Crippen LogP contribution in [0.5, 0.6) is 0 Å². The highest BCUT2D eigenvalue weighted by Gasteiger charge is 2.18. The molecule has 0 saturated carbocycles. The number of fused-ring (bicyclic) bond motifs is 3. The van der Waals surface area contributed by atoms with E-state index in [0.29, 0.717) is 5.82 Å². The van der Waals surface area contributed by atoms with Crippen molar-refractivity contribution >= 4 is 21.8 Å². The molecule has 0 saturated heterocycles. The Balaban J connectivity index is 1.19. The minimum Gasteiger partial charge on any atom is -0.250 e. The molecule has 4 heteroatoms. The summed E-state index contributed by atoms with van der Waals surface area (Å²) < 4.78 is 0. The SMILES string of the molecule is Cc1cc(-c2ccc(-c3nc(-c4ccccc4)cc(-c4ccc(-c5ccccc5)cc4)n3)cc2)nc2c1ccc1ccc(C(C)(C)C)nc12. The third-order valence-electron chi connectivity index (χ3n) is 9.14. The predicted octanol–water partition coefficient (Wildman–Crippen LogP) is 11.5. The Kier molecular flexibility index (Phi) is 7.57. The van der Waals surface area contributed by atoms with Crippen molar-refractivity contribution in [3.05, 3.63) is 157 Å². The van der Waals surface area contributed by atoms with Crippen LogP contribution in [0.15, 0.2) is 146 Å². The maximum absolute atomic E-state index is 5.20. The fourth-order valence-electron chi connectivity index (χ4n) is 6.34. The molecule has 0 spiro atoms. The zero-order valence-electron chi connectivity index (χ0n) is 28.1. The molecule has 0 amide bonds. The number of aryl methyl sites for hydroxylation is 1. The molecule has 0 aliphatic heterocycles. The number of benzene rings is 5. The fraction of sp³-hybridized carbons (Fsp3) is 0.111. The monoisotopic (exact) mass is 632 g/mol. The van der Waals surface area contributed by atoms with E-state index in [2.05, 4.69) is 149 Å². The van der Waals surface area contributed by atoms with Gasteiger partial charge in [-0.15, -0.1) is 0 Å². The van der Waals surface area contributed by atoms with E-state index >= 15 is 0 Å².